The molecule has 0 amide bonds. The summed E-state index contributed by atoms with van der Waals surface area (Å²) < 4.78 is 0. The topological polar surface area (TPSA) is 24.1 Å². The highest BCUT2D eigenvalue weighted by atomic mass is 32.1. The number of benzene rings is 1. The summed E-state index contributed by atoms with van der Waals surface area (Å²) in [5.74, 6) is 0. The second kappa shape index (κ2) is 10.8. The summed E-state index contributed by atoms with van der Waals surface area (Å²) in [5.41, 5.74) is 1.34. The lowest BCUT2D eigenvalue weighted by molar-refractivity contribution is 0.622. The minimum Gasteiger partial charge on any atom is -0.363 e. The van der Waals surface area contributed by atoms with E-state index in [1.807, 2.05) is 6.07 Å². The average Bonchev–Trinajstić information content (AvgIpc) is 2.44. The standard InChI is InChI=1S/C16H26N2S/c1-2-3-4-5-9-13-17-16(19)18-14-12-15-10-7-6-8-11-15/h6-8,10-11H,2-5,9,12-14H2,1H3,(H2,17,18,19). The molecule has 0 aliphatic rings. The molecule has 2 nitrogen and oxygen atoms in total. The van der Waals surface area contributed by atoms with Crippen LogP contribution in [0, 0.1) is 0 Å². The fourth-order valence-electron chi connectivity index (χ4n) is 1.96. The number of unbranched alkanes of at least 4 members (excludes halogenated alkanes) is 4. The Morgan fingerprint density at radius 2 is 1.63 bits per heavy atom. The lowest BCUT2D eigenvalue weighted by Crippen LogP contribution is -2.36. The molecule has 0 spiro atoms. The van der Waals surface area contributed by atoms with Gasteiger partial charge in [0.25, 0.3) is 0 Å². The van der Waals surface area contributed by atoms with Crippen LogP contribution >= 0.6 is 12.2 Å². The number of thiocarbonyl (C=S) groups is 1. The summed E-state index contributed by atoms with van der Waals surface area (Å²) in [6.07, 6.45) is 7.51. The normalized spacial score (nSPS) is 10.2. The zero-order valence-electron chi connectivity index (χ0n) is 12.0. The highest BCUT2D eigenvalue weighted by Gasteiger charge is 1.96. The predicted molar refractivity (Wildman–Crippen MR) is 87.5 cm³/mol. The van der Waals surface area contributed by atoms with Gasteiger partial charge in [0.2, 0.25) is 0 Å². The van der Waals surface area contributed by atoms with Crippen molar-refractivity contribution in [3.63, 3.8) is 0 Å². The van der Waals surface area contributed by atoms with E-state index < -0.39 is 0 Å². The number of hydrogen-bond acceptors (Lipinski definition) is 1. The fourth-order valence-corrected chi connectivity index (χ4v) is 2.16. The molecule has 0 heterocycles. The molecule has 0 aliphatic heterocycles. The molecule has 0 aliphatic carbocycles. The third-order valence-electron chi connectivity index (χ3n) is 3.11. The molecular formula is C16H26N2S. The van der Waals surface area contributed by atoms with Gasteiger partial charge in [-0.1, -0.05) is 62.9 Å². The van der Waals surface area contributed by atoms with Gasteiger partial charge in [0.05, 0.1) is 0 Å². The van der Waals surface area contributed by atoms with E-state index in [2.05, 4.69) is 41.8 Å². The van der Waals surface area contributed by atoms with Gasteiger partial charge in [0.15, 0.2) is 5.11 Å². The molecule has 0 saturated heterocycles. The van der Waals surface area contributed by atoms with Crippen molar-refractivity contribution in [2.75, 3.05) is 13.1 Å². The van der Waals surface area contributed by atoms with Crippen molar-refractivity contribution in [1.29, 1.82) is 0 Å². The Hall–Kier alpha value is -1.09. The van der Waals surface area contributed by atoms with E-state index in [4.69, 9.17) is 12.2 Å². The summed E-state index contributed by atoms with van der Waals surface area (Å²) in [4.78, 5) is 0. The molecule has 0 saturated carbocycles. The minimum absolute atomic E-state index is 0.784. The summed E-state index contributed by atoms with van der Waals surface area (Å²) in [5, 5.41) is 7.30. The molecule has 0 aromatic heterocycles. The molecule has 1 aromatic rings. The van der Waals surface area contributed by atoms with Crippen molar-refractivity contribution in [2.45, 2.75) is 45.4 Å². The van der Waals surface area contributed by atoms with Crippen molar-refractivity contribution in [1.82, 2.24) is 10.6 Å². The van der Waals surface area contributed by atoms with Crippen molar-refractivity contribution < 1.29 is 0 Å². The monoisotopic (exact) mass is 278 g/mol. The van der Waals surface area contributed by atoms with Gasteiger partial charge in [-0.15, -0.1) is 0 Å². The van der Waals surface area contributed by atoms with Gasteiger partial charge in [0.1, 0.15) is 0 Å². The Morgan fingerprint density at radius 1 is 0.947 bits per heavy atom. The summed E-state index contributed by atoms with van der Waals surface area (Å²) in [7, 11) is 0. The first-order valence-corrected chi connectivity index (χ1v) is 7.79. The molecule has 0 bridgehead atoms. The maximum Gasteiger partial charge on any atom is 0.166 e. The van der Waals surface area contributed by atoms with E-state index >= 15 is 0 Å². The number of rotatable bonds is 9. The van der Waals surface area contributed by atoms with Crippen LogP contribution in [0.25, 0.3) is 0 Å². The number of hydrogen-bond donors (Lipinski definition) is 2. The molecule has 2 N–H and O–H groups in total. The summed E-state index contributed by atoms with van der Waals surface area (Å²) in [6, 6.07) is 10.5. The molecule has 19 heavy (non-hydrogen) atoms. The van der Waals surface area contributed by atoms with Gasteiger partial charge >= 0.3 is 0 Å². The molecular weight excluding hydrogens is 252 g/mol. The SMILES string of the molecule is CCCCCCCNC(=S)NCCc1ccccc1. The quantitative estimate of drug-likeness (QED) is 0.532. The maximum atomic E-state index is 5.25. The highest BCUT2D eigenvalue weighted by Crippen LogP contribution is 2.01. The Morgan fingerprint density at radius 3 is 2.37 bits per heavy atom. The van der Waals surface area contributed by atoms with Crippen molar-refractivity contribution in [3.8, 4) is 0 Å². The van der Waals surface area contributed by atoms with Crippen LogP contribution in [-0.4, -0.2) is 18.2 Å². The Balaban J connectivity index is 1.96. The van der Waals surface area contributed by atoms with Gasteiger partial charge in [-0.25, -0.2) is 0 Å². The first kappa shape index (κ1) is 16.0. The van der Waals surface area contributed by atoms with Gasteiger partial charge in [-0.05, 0) is 30.6 Å². The summed E-state index contributed by atoms with van der Waals surface area (Å²) >= 11 is 5.25. The minimum atomic E-state index is 0.784. The van der Waals surface area contributed by atoms with E-state index in [9.17, 15) is 0 Å². The van der Waals surface area contributed by atoms with Crippen molar-refractivity contribution >= 4 is 17.3 Å². The second-order valence-electron chi connectivity index (χ2n) is 4.83. The van der Waals surface area contributed by atoms with Crippen LogP contribution in [0.2, 0.25) is 0 Å². The van der Waals surface area contributed by atoms with E-state index in [1.165, 1.54) is 37.7 Å². The smallest absolute Gasteiger partial charge is 0.166 e. The van der Waals surface area contributed by atoms with Crippen LogP contribution < -0.4 is 10.6 Å². The van der Waals surface area contributed by atoms with Gasteiger partial charge in [0, 0.05) is 13.1 Å². The van der Waals surface area contributed by atoms with E-state index in [0.717, 1.165) is 24.6 Å². The van der Waals surface area contributed by atoms with E-state index in [0.29, 0.717) is 0 Å². The lowest BCUT2D eigenvalue weighted by atomic mass is 10.1. The van der Waals surface area contributed by atoms with E-state index in [-0.39, 0.29) is 0 Å². The molecule has 0 fully saturated rings. The third-order valence-corrected chi connectivity index (χ3v) is 3.40. The Labute approximate surface area is 123 Å². The van der Waals surface area contributed by atoms with Crippen molar-refractivity contribution in [3.05, 3.63) is 35.9 Å². The largest absolute Gasteiger partial charge is 0.363 e. The Kier molecular flexibility index (Phi) is 9.07. The lowest BCUT2D eigenvalue weighted by Gasteiger charge is -2.10. The van der Waals surface area contributed by atoms with E-state index in [1.54, 1.807) is 0 Å². The molecule has 0 radical (unpaired) electrons. The molecule has 1 rings (SSSR count). The zero-order valence-corrected chi connectivity index (χ0v) is 12.8. The first-order chi connectivity index (χ1) is 9.33. The predicted octanol–water partition coefficient (Wildman–Crippen LogP) is 3.66. The number of nitrogens with one attached hydrogen (secondary N) is 2. The molecule has 0 unspecified atom stereocenters. The fraction of sp³-hybridized carbons (Fsp3) is 0.562. The van der Waals surface area contributed by atoms with Crippen LogP contribution in [0.3, 0.4) is 0 Å². The second-order valence-corrected chi connectivity index (χ2v) is 5.24. The maximum absolute atomic E-state index is 5.25. The van der Waals surface area contributed by atoms with Crippen LogP contribution in [0.4, 0.5) is 0 Å². The Bertz CT molecular complexity index is 338. The zero-order chi connectivity index (χ0) is 13.8. The molecule has 106 valence electrons. The van der Waals surface area contributed by atoms with Crippen LogP contribution in [0.5, 0.6) is 0 Å². The molecule has 3 heteroatoms. The van der Waals surface area contributed by atoms with Crippen LogP contribution in [0.15, 0.2) is 30.3 Å². The molecule has 0 atom stereocenters. The van der Waals surface area contributed by atoms with Crippen LogP contribution in [-0.2, 0) is 6.42 Å². The summed E-state index contributed by atoms with van der Waals surface area (Å²) in [6.45, 7) is 4.12. The third kappa shape index (κ3) is 8.60. The first-order valence-electron chi connectivity index (χ1n) is 7.38. The van der Waals surface area contributed by atoms with Crippen molar-refractivity contribution in [2.24, 2.45) is 0 Å². The van der Waals surface area contributed by atoms with Crippen LogP contribution in [0.1, 0.15) is 44.6 Å². The van der Waals surface area contributed by atoms with Gasteiger partial charge in [-0.3, -0.25) is 0 Å². The molecule has 1 aromatic carbocycles. The van der Waals surface area contributed by atoms with Gasteiger partial charge in [-0.2, -0.15) is 0 Å². The average molecular weight is 278 g/mol. The highest BCUT2D eigenvalue weighted by molar-refractivity contribution is 7.80. The van der Waals surface area contributed by atoms with Gasteiger partial charge < -0.3 is 10.6 Å².